The number of aromatic nitrogens is 3. The first-order chi connectivity index (χ1) is 10.4. The Balaban J connectivity index is 2.02. The van der Waals surface area contributed by atoms with Crippen LogP contribution in [-0.4, -0.2) is 33.1 Å². The summed E-state index contributed by atoms with van der Waals surface area (Å²) in [6.45, 7) is 3.50. The van der Waals surface area contributed by atoms with Gasteiger partial charge in [-0.05, 0) is 32.0 Å². The molecule has 0 unspecified atom stereocenters. The van der Waals surface area contributed by atoms with Crippen LogP contribution in [0.3, 0.4) is 0 Å². The molecule has 0 saturated carbocycles. The normalized spacial score (nSPS) is 12.0. The number of methoxy groups -OCH3 is 1. The Hall–Kier alpha value is -1.93. The second kappa shape index (κ2) is 6.89. The molecule has 2 aromatic rings. The molecule has 1 heterocycles. The van der Waals surface area contributed by atoms with Gasteiger partial charge < -0.3 is 15.9 Å². The first kappa shape index (κ1) is 16.4. The van der Waals surface area contributed by atoms with Crippen LogP contribution in [0.5, 0.6) is 5.75 Å². The molecule has 0 fully saturated rings. The molecule has 3 N–H and O–H groups in total. The van der Waals surface area contributed by atoms with Crippen molar-refractivity contribution in [3.8, 4) is 5.75 Å². The number of rotatable bonds is 5. The monoisotopic (exact) mass is 341 g/mol. The molecular weight excluding hydrogens is 326 g/mol. The van der Waals surface area contributed by atoms with E-state index in [1.54, 1.807) is 32.0 Å². The number of benzene rings is 1. The van der Waals surface area contributed by atoms with E-state index >= 15 is 0 Å². The van der Waals surface area contributed by atoms with Gasteiger partial charge in [0.1, 0.15) is 11.6 Å². The van der Waals surface area contributed by atoms with E-state index in [-0.39, 0.29) is 5.91 Å². The second-order valence-electron chi connectivity index (χ2n) is 4.50. The molecule has 1 atom stereocenters. The highest BCUT2D eigenvalue weighted by Crippen LogP contribution is 2.28. The van der Waals surface area contributed by atoms with Crippen LogP contribution in [0.1, 0.15) is 12.7 Å². The lowest BCUT2D eigenvalue weighted by Gasteiger charge is -2.12. The van der Waals surface area contributed by atoms with Gasteiger partial charge >= 0.3 is 0 Å². The third kappa shape index (κ3) is 3.63. The fourth-order valence-corrected chi connectivity index (χ4v) is 2.70. The van der Waals surface area contributed by atoms with Gasteiger partial charge in [-0.15, -0.1) is 10.2 Å². The van der Waals surface area contributed by atoms with Crippen molar-refractivity contribution < 1.29 is 9.53 Å². The maximum absolute atomic E-state index is 12.2. The van der Waals surface area contributed by atoms with E-state index < -0.39 is 5.25 Å². The minimum Gasteiger partial charge on any atom is -0.495 e. The van der Waals surface area contributed by atoms with Gasteiger partial charge in [0.2, 0.25) is 11.1 Å². The van der Waals surface area contributed by atoms with E-state index in [0.29, 0.717) is 27.4 Å². The zero-order valence-corrected chi connectivity index (χ0v) is 13.9. The Morgan fingerprint density at radius 2 is 2.23 bits per heavy atom. The number of amides is 1. The highest BCUT2D eigenvalue weighted by Gasteiger charge is 2.18. The van der Waals surface area contributed by atoms with Crippen molar-refractivity contribution in [1.29, 1.82) is 0 Å². The first-order valence-electron chi connectivity index (χ1n) is 6.40. The van der Waals surface area contributed by atoms with Gasteiger partial charge in [0.25, 0.3) is 0 Å². The molecule has 0 aliphatic rings. The number of nitrogens with one attached hydrogen (secondary N) is 1. The predicted octanol–water partition coefficient (Wildman–Crippen LogP) is 2.08. The van der Waals surface area contributed by atoms with Gasteiger partial charge in [-0.3, -0.25) is 4.79 Å². The van der Waals surface area contributed by atoms with Crippen molar-refractivity contribution in [3.05, 3.63) is 29.0 Å². The summed E-state index contributed by atoms with van der Waals surface area (Å²) in [5.41, 5.74) is 0.591. The van der Waals surface area contributed by atoms with Gasteiger partial charge in [-0.2, -0.15) is 0 Å². The predicted molar refractivity (Wildman–Crippen MR) is 86.9 cm³/mol. The molecule has 1 aromatic carbocycles. The standard InChI is InChI=1S/C13H16ClN5O2S/c1-7(22-13-18-17-8(2)19(13)15)12(20)16-9-4-5-11(21-3)10(14)6-9/h4-7H,15H2,1-3H3,(H,16,20)/t7-/m1/s1. The number of hydrogen-bond donors (Lipinski definition) is 2. The van der Waals surface area contributed by atoms with Crippen molar-refractivity contribution in [2.75, 3.05) is 18.3 Å². The fourth-order valence-electron chi connectivity index (χ4n) is 1.63. The summed E-state index contributed by atoms with van der Waals surface area (Å²) in [5.74, 6) is 6.71. The van der Waals surface area contributed by atoms with Gasteiger partial charge in [-0.1, -0.05) is 23.4 Å². The first-order valence-corrected chi connectivity index (χ1v) is 7.66. The highest BCUT2D eigenvalue weighted by atomic mass is 35.5. The van der Waals surface area contributed by atoms with E-state index in [0.717, 1.165) is 0 Å². The quantitative estimate of drug-likeness (QED) is 0.638. The third-order valence-electron chi connectivity index (χ3n) is 2.91. The van der Waals surface area contributed by atoms with Crippen molar-refractivity contribution in [3.63, 3.8) is 0 Å². The number of hydrogen-bond acceptors (Lipinski definition) is 6. The summed E-state index contributed by atoms with van der Waals surface area (Å²) in [7, 11) is 1.53. The van der Waals surface area contributed by atoms with Crippen LogP contribution in [0.2, 0.25) is 5.02 Å². The van der Waals surface area contributed by atoms with Crippen LogP contribution < -0.4 is 15.9 Å². The molecule has 0 aliphatic heterocycles. The number of carbonyl (C=O) groups excluding carboxylic acids is 1. The third-order valence-corrected chi connectivity index (χ3v) is 4.26. The smallest absolute Gasteiger partial charge is 0.237 e. The Morgan fingerprint density at radius 1 is 1.50 bits per heavy atom. The average Bonchev–Trinajstić information content (AvgIpc) is 2.79. The summed E-state index contributed by atoms with van der Waals surface area (Å²) in [6.07, 6.45) is 0. The van der Waals surface area contributed by atoms with E-state index in [9.17, 15) is 4.79 Å². The Labute approximate surface area is 137 Å². The zero-order valence-electron chi connectivity index (χ0n) is 12.3. The molecule has 0 radical (unpaired) electrons. The molecule has 0 saturated heterocycles. The van der Waals surface area contributed by atoms with E-state index in [4.69, 9.17) is 22.2 Å². The number of aryl methyl sites for hydroxylation is 1. The largest absolute Gasteiger partial charge is 0.495 e. The van der Waals surface area contributed by atoms with Gasteiger partial charge in [0, 0.05) is 5.69 Å². The van der Waals surface area contributed by atoms with Gasteiger partial charge in [0.15, 0.2) is 0 Å². The number of ether oxygens (including phenoxy) is 1. The average molecular weight is 342 g/mol. The van der Waals surface area contributed by atoms with Crippen LogP contribution in [0.25, 0.3) is 0 Å². The molecule has 22 heavy (non-hydrogen) atoms. The number of nitrogens with two attached hydrogens (primary N) is 1. The molecule has 118 valence electrons. The summed E-state index contributed by atoms with van der Waals surface area (Å²) in [4.78, 5) is 12.2. The summed E-state index contributed by atoms with van der Waals surface area (Å²) in [6, 6.07) is 5.04. The van der Waals surface area contributed by atoms with Crippen LogP contribution in [0, 0.1) is 6.92 Å². The van der Waals surface area contributed by atoms with Crippen molar-refractivity contribution >= 4 is 35.0 Å². The zero-order chi connectivity index (χ0) is 16.3. The SMILES string of the molecule is COc1ccc(NC(=O)[C@@H](C)Sc2nnc(C)n2N)cc1Cl. The molecule has 0 aliphatic carbocycles. The van der Waals surface area contributed by atoms with Crippen LogP contribution >= 0.6 is 23.4 Å². The lowest BCUT2D eigenvalue weighted by Crippen LogP contribution is -2.23. The molecule has 0 spiro atoms. The maximum atomic E-state index is 12.2. The van der Waals surface area contributed by atoms with Gasteiger partial charge in [-0.25, -0.2) is 4.68 Å². The minimum absolute atomic E-state index is 0.188. The van der Waals surface area contributed by atoms with Crippen LogP contribution in [0.15, 0.2) is 23.4 Å². The van der Waals surface area contributed by atoms with Crippen LogP contribution in [-0.2, 0) is 4.79 Å². The number of carbonyl (C=O) groups is 1. The Bertz CT molecular complexity index is 691. The summed E-state index contributed by atoms with van der Waals surface area (Å²) < 4.78 is 6.41. The minimum atomic E-state index is -0.397. The summed E-state index contributed by atoms with van der Waals surface area (Å²) >= 11 is 7.25. The molecule has 0 bridgehead atoms. The molecular formula is C13H16ClN5O2S. The van der Waals surface area contributed by atoms with E-state index in [2.05, 4.69) is 15.5 Å². The number of nitrogens with zero attached hydrogens (tertiary/aromatic N) is 3. The van der Waals surface area contributed by atoms with Crippen molar-refractivity contribution in [2.24, 2.45) is 0 Å². The van der Waals surface area contributed by atoms with Crippen molar-refractivity contribution in [1.82, 2.24) is 14.9 Å². The molecule has 9 heteroatoms. The van der Waals surface area contributed by atoms with E-state index in [1.807, 2.05) is 0 Å². The van der Waals surface area contributed by atoms with Crippen molar-refractivity contribution in [2.45, 2.75) is 24.3 Å². The Kier molecular flexibility index (Phi) is 5.15. The Morgan fingerprint density at radius 3 is 2.77 bits per heavy atom. The lowest BCUT2D eigenvalue weighted by atomic mass is 10.3. The molecule has 2 rings (SSSR count). The molecule has 1 amide bonds. The van der Waals surface area contributed by atoms with Crippen LogP contribution in [0.4, 0.5) is 5.69 Å². The lowest BCUT2D eigenvalue weighted by molar-refractivity contribution is -0.115. The fraction of sp³-hybridized carbons (Fsp3) is 0.308. The number of halogens is 1. The molecule has 7 nitrogen and oxygen atoms in total. The number of anilines is 1. The topological polar surface area (TPSA) is 95.1 Å². The highest BCUT2D eigenvalue weighted by molar-refractivity contribution is 8.00. The maximum Gasteiger partial charge on any atom is 0.237 e. The summed E-state index contributed by atoms with van der Waals surface area (Å²) in [5, 5.41) is 11.1. The molecule has 1 aromatic heterocycles. The second-order valence-corrected chi connectivity index (χ2v) is 6.21. The number of thioether (sulfide) groups is 1. The van der Waals surface area contributed by atoms with Gasteiger partial charge in [0.05, 0.1) is 17.4 Å². The number of nitrogen functional groups attached to an aromatic ring is 1. The van der Waals surface area contributed by atoms with E-state index in [1.165, 1.54) is 23.5 Å².